The third-order valence-corrected chi connectivity index (χ3v) is 3.62. The van der Waals surface area contributed by atoms with Crippen LogP contribution in [0, 0.1) is 5.92 Å². The highest BCUT2D eigenvalue weighted by atomic mass is 32.1. The zero-order valence-corrected chi connectivity index (χ0v) is 12.4. The second kappa shape index (κ2) is 6.76. The molecule has 1 fully saturated rings. The first-order valence-electron chi connectivity index (χ1n) is 6.56. The summed E-state index contributed by atoms with van der Waals surface area (Å²) in [6.45, 7) is 6.00. The Morgan fingerprint density at radius 3 is 2.70 bits per heavy atom. The minimum Gasteiger partial charge on any atom is -0.378 e. The summed E-state index contributed by atoms with van der Waals surface area (Å²) >= 11 is 1.30. The lowest BCUT2D eigenvalue weighted by molar-refractivity contribution is -0.145. The number of hydrogen-bond donors (Lipinski definition) is 1. The van der Waals surface area contributed by atoms with Crippen molar-refractivity contribution in [2.75, 3.05) is 31.6 Å². The Bertz CT molecular complexity index is 483. The van der Waals surface area contributed by atoms with Crippen molar-refractivity contribution < 1.29 is 14.3 Å². The number of hydrogen-bond acceptors (Lipinski definition) is 6. The summed E-state index contributed by atoms with van der Waals surface area (Å²) < 4.78 is 5.14. The number of carbonyl (C=O) groups is 2. The third kappa shape index (κ3) is 3.97. The molecule has 1 aromatic rings. The van der Waals surface area contributed by atoms with E-state index in [1.807, 2.05) is 0 Å². The lowest BCUT2D eigenvalue weighted by Gasteiger charge is -2.25. The minimum atomic E-state index is -0.667. The number of morpholine rings is 1. The van der Waals surface area contributed by atoms with E-state index >= 15 is 0 Å². The van der Waals surface area contributed by atoms with E-state index in [1.54, 1.807) is 0 Å². The van der Waals surface area contributed by atoms with Crippen LogP contribution in [0.2, 0.25) is 0 Å². The molecule has 0 unspecified atom stereocenters. The highest BCUT2D eigenvalue weighted by molar-refractivity contribution is 7.15. The molecule has 7 nitrogen and oxygen atoms in total. The molecule has 20 heavy (non-hydrogen) atoms. The Morgan fingerprint density at radius 1 is 1.35 bits per heavy atom. The van der Waals surface area contributed by atoms with Gasteiger partial charge in [0.1, 0.15) is 5.01 Å². The quantitative estimate of drug-likeness (QED) is 0.823. The van der Waals surface area contributed by atoms with Gasteiger partial charge in [0.25, 0.3) is 0 Å². The first-order chi connectivity index (χ1) is 9.56. The van der Waals surface area contributed by atoms with Crippen molar-refractivity contribution in [1.29, 1.82) is 0 Å². The van der Waals surface area contributed by atoms with Crippen molar-refractivity contribution in [2.45, 2.75) is 20.3 Å². The number of aromatic nitrogens is 2. The number of nitrogens with zero attached hydrogens (tertiary/aromatic N) is 3. The smallest absolute Gasteiger partial charge is 0.315 e. The summed E-state index contributed by atoms with van der Waals surface area (Å²) in [5, 5.41) is 11.6. The molecule has 1 saturated heterocycles. The zero-order valence-electron chi connectivity index (χ0n) is 11.6. The van der Waals surface area contributed by atoms with Gasteiger partial charge in [0.05, 0.1) is 13.2 Å². The second-order valence-corrected chi connectivity index (χ2v) is 6.02. The summed E-state index contributed by atoms with van der Waals surface area (Å²) in [4.78, 5) is 25.2. The summed E-state index contributed by atoms with van der Waals surface area (Å²) in [6, 6.07) is 0. The normalized spacial score (nSPS) is 15.4. The number of ether oxygens (including phenoxy) is 1. The Kier molecular flexibility index (Phi) is 5.02. The summed E-state index contributed by atoms with van der Waals surface area (Å²) in [7, 11) is 0. The van der Waals surface area contributed by atoms with Gasteiger partial charge in [0, 0.05) is 19.5 Å². The highest BCUT2D eigenvalue weighted by Crippen LogP contribution is 2.18. The molecule has 0 spiro atoms. The lowest BCUT2D eigenvalue weighted by Crippen LogP contribution is -2.45. The fourth-order valence-electron chi connectivity index (χ4n) is 1.80. The monoisotopic (exact) mass is 298 g/mol. The van der Waals surface area contributed by atoms with Crippen LogP contribution >= 0.6 is 11.3 Å². The predicted molar refractivity (Wildman–Crippen MR) is 74.5 cm³/mol. The van der Waals surface area contributed by atoms with Crippen molar-refractivity contribution in [3.8, 4) is 0 Å². The molecular weight excluding hydrogens is 280 g/mol. The number of anilines is 1. The van der Waals surface area contributed by atoms with Crippen molar-refractivity contribution in [3.63, 3.8) is 0 Å². The summed E-state index contributed by atoms with van der Waals surface area (Å²) in [6.07, 6.45) is 0.810. The Morgan fingerprint density at radius 2 is 2.05 bits per heavy atom. The molecule has 2 heterocycles. The first kappa shape index (κ1) is 14.9. The molecule has 0 bridgehead atoms. The van der Waals surface area contributed by atoms with E-state index in [9.17, 15) is 9.59 Å². The molecule has 1 aliphatic rings. The van der Waals surface area contributed by atoms with E-state index in [0.29, 0.717) is 37.4 Å². The standard InChI is InChI=1S/C12H18N4O3S/c1-8(2)7-9-14-15-12(20-9)13-10(17)11(18)16-3-5-19-6-4-16/h8H,3-7H2,1-2H3,(H,13,15,17). The number of rotatable bonds is 3. The largest absolute Gasteiger partial charge is 0.378 e. The summed E-state index contributed by atoms with van der Waals surface area (Å²) in [5.74, 6) is -0.741. The van der Waals surface area contributed by atoms with Crippen LogP contribution in [0.4, 0.5) is 5.13 Å². The zero-order chi connectivity index (χ0) is 14.5. The molecule has 1 aromatic heterocycles. The lowest BCUT2D eigenvalue weighted by atomic mass is 10.1. The van der Waals surface area contributed by atoms with E-state index in [1.165, 1.54) is 16.2 Å². The molecule has 8 heteroatoms. The fourth-order valence-corrected chi connectivity index (χ4v) is 2.74. The van der Waals surface area contributed by atoms with E-state index < -0.39 is 11.8 Å². The van der Waals surface area contributed by atoms with Gasteiger partial charge in [-0.25, -0.2) is 0 Å². The molecule has 0 saturated carbocycles. The van der Waals surface area contributed by atoms with E-state index in [-0.39, 0.29) is 0 Å². The van der Waals surface area contributed by atoms with E-state index in [4.69, 9.17) is 4.74 Å². The van der Waals surface area contributed by atoms with Gasteiger partial charge in [-0.3, -0.25) is 14.9 Å². The Labute approximate surface area is 121 Å². The van der Waals surface area contributed by atoms with Crippen molar-refractivity contribution in [2.24, 2.45) is 5.92 Å². The van der Waals surface area contributed by atoms with Gasteiger partial charge in [-0.2, -0.15) is 0 Å². The van der Waals surface area contributed by atoms with Crippen LogP contribution in [0.25, 0.3) is 0 Å². The van der Waals surface area contributed by atoms with Crippen LogP contribution in [0.1, 0.15) is 18.9 Å². The van der Waals surface area contributed by atoms with Crippen molar-refractivity contribution in [3.05, 3.63) is 5.01 Å². The van der Waals surface area contributed by atoms with Crippen LogP contribution in [0.15, 0.2) is 0 Å². The van der Waals surface area contributed by atoms with Crippen LogP contribution in [-0.4, -0.2) is 53.2 Å². The number of nitrogens with one attached hydrogen (secondary N) is 1. The van der Waals surface area contributed by atoms with Gasteiger partial charge in [-0.1, -0.05) is 25.2 Å². The minimum absolute atomic E-state index is 0.368. The maximum Gasteiger partial charge on any atom is 0.315 e. The maximum atomic E-state index is 11.9. The van der Waals surface area contributed by atoms with E-state index in [2.05, 4.69) is 29.4 Å². The fraction of sp³-hybridized carbons (Fsp3) is 0.667. The van der Waals surface area contributed by atoms with Gasteiger partial charge in [-0.15, -0.1) is 10.2 Å². The molecule has 0 radical (unpaired) electrons. The van der Waals surface area contributed by atoms with Crippen LogP contribution in [0.3, 0.4) is 0 Å². The molecule has 2 rings (SSSR count). The molecule has 2 amide bonds. The molecular formula is C12H18N4O3S. The van der Waals surface area contributed by atoms with Crippen LogP contribution in [0.5, 0.6) is 0 Å². The molecule has 0 aromatic carbocycles. The average Bonchev–Trinajstić information content (AvgIpc) is 2.85. The Hall–Kier alpha value is -1.54. The second-order valence-electron chi connectivity index (χ2n) is 4.96. The Balaban J connectivity index is 1.90. The highest BCUT2D eigenvalue weighted by Gasteiger charge is 2.24. The van der Waals surface area contributed by atoms with E-state index in [0.717, 1.165) is 11.4 Å². The van der Waals surface area contributed by atoms with Crippen molar-refractivity contribution >= 4 is 28.3 Å². The number of carbonyl (C=O) groups excluding carboxylic acids is 2. The molecule has 1 N–H and O–H groups in total. The van der Waals surface area contributed by atoms with Gasteiger partial charge in [-0.05, 0) is 5.92 Å². The van der Waals surface area contributed by atoms with Crippen LogP contribution in [-0.2, 0) is 20.7 Å². The molecule has 1 aliphatic heterocycles. The van der Waals surface area contributed by atoms with Gasteiger partial charge < -0.3 is 9.64 Å². The van der Waals surface area contributed by atoms with Gasteiger partial charge in [0.15, 0.2) is 0 Å². The first-order valence-corrected chi connectivity index (χ1v) is 7.38. The number of amides is 2. The molecule has 0 aliphatic carbocycles. The topological polar surface area (TPSA) is 84.4 Å². The van der Waals surface area contributed by atoms with Crippen LogP contribution < -0.4 is 5.32 Å². The van der Waals surface area contributed by atoms with Gasteiger partial charge >= 0.3 is 11.8 Å². The maximum absolute atomic E-state index is 11.9. The SMILES string of the molecule is CC(C)Cc1nnc(NC(=O)C(=O)N2CCOCC2)s1. The third-order valence-electron chi connectivity index (χ3n) is 2.76. The average molecular weight is 298 g/mol. The van der Waals surface area contributed by atoms with Crippen molar-refractivity contribution in [1.82, 2.24) is 15.1 Å². The molecule has 0 atom stereocenters. The summed E-state index contributed by atoms with van der Waals surface area (Å²) in [5.41, 5.74) is 0. The predicted octanol–water partition coefficient (Wildman–Crippen LogP) is 0.534. The molecule has 110 valence electrons. The van der Waals surface area contributed by atoms with Gasteiger partial charge in [0.2, 0.25) is 5.13 Å².